The first kappa shape index (κ1) is 11.9. The zero-order valence-corrected chi connectivity index (χ0v) is 11.4. The molecule has 0 aromatic carbocycles. The average molecular weight is 237 g/mol. The lowest BCUT2D eigenvalue weighted by Gasteiger charge is -2.50. The third kappa shape index (κ3) is 1.92. The molecule has 3 heteroatoms. The van der Waals surface area contributed by atoms with Gasteiger partial charge in [-0.2, -0.15) is 0 Å². The minimum Gasteiger partial charge on any atom is -0.329 e. The number of nitrogens with two attached hydrogens (primary N) is 1. The van der Waals surface area contributed by atoms with E-state index in [2.05, 4.69) is 23.8 Å². The summed E-state index contributed by atoms with van der Waals surface area (Å²) in [6.07, 6.45) is 5.70. The van der Waals surface area contributed by atoms with Gasteiger partial charge in [0.1, 0.15) is 0 Å². The summed E-state index contributed by atoms with van der Waals surface area (Å²) in [6, 6.07) is 0.687. The topological polar surface area (TPSA) is 32.5 Å². The van der Waals surface area contributed by atoms with E-state index in [-0.39, 0.29) is 0 Å². The lowest BCUT2D eigenvalue weighted by molar-refractivity contribution is -0.00764. The maximum absolute atomic E-state index is 6.25. The molecule has 3 nitrogen and oxygen atoms in total. The molecule has 3 fully saturated rings. The van der Waals surface area contributed by atoms with Crippen LogP contribution >= 0.6 is 0 Å². The van der Waals surface area contributed by atoms with Crippen LogP contribution in [0.15, 0.2) is 0 Å². The molecule has 0 aromatic rings. The minimum absolute atomic E-state index is 0.384. The fourth-order valence-corrected chi connectivity index (χ4v) is 3.91. The van der Waals surface area contributed by atoms with Crippen molar-refractivity contribution in [3.8, 4) is 0 Å². The highest BCUT2D eigenvalue weighted by molar-refractivity contribution is 5.12. The van der Waals surface area contributed by atoms with Crippen LogP contribution in [0.4, 0.5) is 0 Å². The molecule has 2 aliphatic carbocycles. The van der Waals surface area contributed by atoms with Gasteiger partial charge in [-0.15, -0.1) is 0 Å². The Balaban J connectivity index is 1.78. The van der Waals surface area contributed by atoms with Gasteiger partial charge in [0.15, 0.2) is 0 Å². The van der Waals surface area contributed by atoms with Crippen molar-refractivity contribution >= 4 is 0 Å². The number of nitrogens with zero attached hydrogens (tertiary/aromatic N) is 2. The molecule has 17 heavy (non-hydrogen) atoms. The van der Waals surface area contributed by atoms with Crippen LogP contribution in [0.2, 0.25) is 0 Å². The summed E-state index contributed by atoms with van der Waals surface area (Å²) in [6.45, 7) is 6.90. The summed E-state index contributed by atoms with van der Waals surface area (Å²) < 4.78 is 0. The van der Waals surface area contributed by atoms with E-state index in [1.807, 2.05) is 0 Å². The van der Waals surface area contributed by atoms with E-state index >= 15 is 0 Å². The fourth-order valence-electron chi connectivity index (χ4n) is 3.91. The minimum atomic E-state index is 0.384. The molecular weight excluding hydrogens is 210 g/mol. The van der Waals surface area contributed by atoms with E-state index in [0.717, 1.165) is 18.4 Å². The molecule has 3 aliphatic rings. The highest BCUT2D eigenvalue weighted by Gasteiger charge is 2.56. The van der Waals surface area contributed by atoms with Crippen LogP contribution in [-0.2, 0) is 0 Å². The summed E-state index contributed by atoms with van der Waals surface area (Å²) in [5, 5.41) is 0. The Morgan fingerprint density at radius 2 is 1.71 bits per heavy atom. The van der Waals surface area contributed by atoms with Crippen LogP contribution in [0.1, 0.15) is 32.6 Å². The summed E-state index contributed by atoms with van der Waals surface area (Å²) in [5.41, 5.74) is 6.63. The lowest BCUT2D eigenvalue weighted by Crippen LogP contribution is -2.64. The smallest absolute Gasteiger partial charge is 0.0389 e. The van der Waals surface area contributed by atoms with Gasteiger partial charge in [-0.05, 0) is 51.5 Å². The molecule has 0 aromatic heterocycles. The standard InChI is InChI=1S/C14H27N3/c1-11-9-17(8-7-16(11)2)14(10-15,12-3-4-12)13-5-6-13/h11-13H,3-10,15H2,1-2H3. The molecule has 1 aliphatic heterocycles. The van der Waals surface area contributed by atoms with Gasteiger partial charge in [0.05, 0.1) is 0 Å². The zero-order chi connectivity index (χ0) is 12.0. The Morgan fingerprint density at radius 3 is 2.12 bits per heavy atom. The van der Waals surface area contributed by atoms with Gasteiger partial charge in [0, 0.05) is 37.8 Å². The number of hydrogen-bond donors (Lipinski definition) is 1. The highest BCUT2D eigenvalue weighted by Crippen LogP contribution is 2.54. The Morgan fingerprint density at radius 1 is 1.12 bits per heavy atom. The van der Waals surface area contributed by atoms with Gasteiger partial charge in [-0.25, -0.2) is 0 Å². The number of likely N-dealkylation sites (N-methyl/N-ethyl adjacent to an activating group) is 1. The van der Waals surface area contributed by atoms with Crippen LogP contribution < -0.4 is 5.73 Å². The van der Waals surface area contributed by atoms with Crippen molar-refractivity contribution < 1.29 is 0 Å². The van der Waals surface area contributed by atoms with Gasteiger partial charge in [-0.1, -0.05) is 0 Å². The van der Waals surface area contributed by atoms with E-state index in [1.165, 1.54) is 45.3 Å². The lowest BCUT2D eigenvalue weighted by atomic mass is 9.84. The van der Waals surface area contributed by atoms with Crippen molar-refractivity contribution in [1.82, 2.24) is 9.80 Å². The number of hydrogen-bond acceptors (Lipinski definition) is 3. The summed E-state index contributed by atoms with van der Waals surface area (Å²) in [7, 11) is 2.25. The molecule has 0 spiro atoms. The Kier molecular flexibility index (Phi) is 2.96. The molecule has 0 radical (unpaired) electrons. The van der Waals surface area contributed by atoms with Gasteiger partial charge in [-0.3, -0.25) is 4.90 Å². The third-order valence-corrected chi connectivity index (χ3v) is 5.44. The molecule has 1 atom stereocenters. The van der Waals surface area contributed by atoms with Crippen LogP contribution in [0, 0.1) is 11.8 Å². The molecule has 1 heterocycles. The Labute approximate surface area is 105 Å². The molecule has 1 unspecified atom stereocenters. The van der Waals surface area contributed by atoms with E-state index in [4.69, 9.17) is 5.73 Å². The molecule has 0 amide bonds. The largest absolute Gasteiger partial charge is 0.329 e. The Hall–Kier alpha value is -0.120. The first-order chi connectivity index (χ1) is 8.18. The van der Waals surface area contributed by atoms with Crippen LogP contribution in [0.3, 0.4) is 0 Å². The summed E-state index contributed by atoms with van der Waals surface area (Å²) >= 11 is 0. The van der Waals surface area contributed by atoms with Crippen molar-refractivity contribution in [2.75, 3.05) is 33.2 Å². The molecule has 0 bridgehead atoms. The second-order valence-electron chi connectivity index (χ2n) is 6.52. The van der Waals surface area contributed by atoms with Crippen LogP contribution in [0.25, 0.3) is 0 Å². The Bertz CT molecular complexity index is 271. The van der Waals surface area contributed by atoms with Crippen molar-refractivity contribution in [1.29, 1.82) is 0 Å². The quantitative estimate of drug-likeness (QED) is 0.796. The molecule has 2 saturated carbocycles. The van der Waals surface area contributed by atoms with Gasteiger partial charge < -0.3 is 10.6 Å². The van der Waals surface area contributed by atoms with Crippen molar-refractivity contribution in [3.63, 3.8) is 0 Å². The SMILES string of the molecule is CC1CN(C(CN)(C2CC2)C2CC2)CCN1C. The van der Waals surface area contributed by atoms with E-state index in [9.17, 15) is 0 Å². The maximum Gasteiger partial charge on any atom is 0.0389 e. The number of rotatable bonds is 4. The van der Waals surface area contributed by atoms with Gasteiger partial charge >= 0.3 is 0 Å². The molecule has 2 N–H and O–H groups in total. The van der Waals surface area contributed by atoms with Crippen LogP contribution in [0.5, 0.6) is 0 Å². The molecule has 98 valence electrons. The van der Waals surface area contributed by atoms with Crippen LogP contribution in [-0.4, -0.2) is 54.6 Å². The van der Waals surface area contributed by atoms with E-state index in [1.54, 1.807) is 0 Å². The molecule has 1 saturated heterocycles. The molecule has 3 rings (SSSR count). The predicted molar refractivity (Wildman–Crippen MR) is 70.9 cm³/mol. The predicted octanol–water partition coefficient (Wildman–Crippen LogP) is 1.14. The molecular formula is C14H27N3. The van der Waals surface area contributed by atoms with Gasteiger partial charge in [0.2, 0.25) is 0 Å². The first-order valence-electron chi connectivity index (χ1n) is 7.34. The fraction of sp³-hybridized carbons (Fsp3) is 1.00. The van der Waals surface area contributed by atoms with E-state index in [0.29, 0.717) is 11.6 Å². The zero-order valence-electron chi connectivity index (χ0n) is 11.4. The van der Waals surface area contributed by atoms with Crippen molar-refractivity contribution in [3.05, 3.63) is 0 Å². The summed E-state index contributed by atoms with van der Waals surface area (Å²) in [5.74, 6) is 1.83. The van der Waals surface area contributed by atoms with Gasteiger partial charge in [0.25, 0.3) is 0 Å². The average Bonchev–Trinajstić information content (AvgIpc) is 3.16. The highest BCUT2D eigenvalue weighted by atomic mass is 15.3. The monoisotopic (exact) mass is 237 g/mol. The van der Waals surface area contributed by atoms with E-state index < -0.39 is 0 Å². The van der Waals surface area contributed by atoms with Crippen molar-refractivity contribution in [2.45, 2.75) is 44.2 Å². The normalized spacial score (nSPS) is 33.0. The third-order valence-electron chi connectivity index (χ3n) is 5.44. The number of piperazine rings is 1. The summed E-state index contributed by atoms with van der Waals surface area (Å²) in [4.78, 5) is 5.25. The second-order valence-corrected chi connectivity index (χ2v) is 6.52. The second kappa shape index (κ2) is 4.22. The van der Waals surface area contributed by atoms with Crippen molar-refractivity contribution in [2.24, 2.45) is 17.6 Å². The first-order valence-corrected chi connectivity index (χ1v) is 7.34. The maximum atomic E-state index is 6.25.